The molecule has 0 saturated heterocycles. The summed E-state index contributed by atoms with van der Waals surface area (Å²) in [7, 11) is 0. The second-order valence-electron chi connectivity index (χ2n) is 4.25. The van der Waals surface area contributed by atoms with Gasteiger partial charge in [-0.1, -0.05) is 0 Å². The number of non-ortho nitro benzene ring substituents is 1. The number of anilines is 1. The average molecular weight is 280 g/mol. The molecule has 0 radical (unpaired) electrons. The molecular weight excluding hydrogens is 267 g/mol. The largest absolute Gasteiger partial charge is 0.381 e. The molecule has 2 aromatic rings. The van der Waals surface area contributed by atoms with Crippen molar-refractivity contribution in [3.8, 4) is 0 Å². The molecule has 0 unspecified atom stereocenters. The topological polar surface area (TPSA) is 55.2 Å². The van der Waals surface area contributed by atoms with Crippen LogP contribution in [0.3, 0.4) is 0 Å². The first kappa shape index (κ1) is 13.5. The minimum absolute atomic E-state index is 0.249. The van der Waals surface area contributed by atoms with Gasteiger partial charge in [0, 0.05) is 28.1 Å². The van der Waals surface area contributed by atoms with E-state index >= 15 is 0 Å². The van der Waals surface area contributed by atoms with Crippen molar-refractivity contribution in [2.24, 2.45) is 0 Å². The maximum absolute atomic E-state index is 13.3. The normalized spacial score (nSPS) is 10.5. The smallest absolute Gasteiger partial charge is 0.274 e. The number of benzene rings is 1. The van der Waals surface area contributed by atoms with Gasteiger partial charge in [-0.25, -0.2) is 4.39 Å². The molecule has 1 heterocycles. The highest BCUT2D eigenvalue weighted by molar-refractivity contribution is 7.12. The molecule has 0 fully saturated rings. The van der Waals surface area contributed by atoms with E-state index in [-0.39, 0.29) is 5.69 Å². The van der Waals surface area contributed by atoms with E-state index in [0.717, 1.165) is 11.6 Å². The molecule has 0 atom stereocenters. The summed E-state index contributed by atoms with van der Waals surface area (Å²) in [5.41, 5.74) is 1.28. The van der Waals surface area contributed by atoms with Gasteiger partial charge in [0.1, 0.15) is 5.82 Å². The van der Waals surface area contributed by atoms with E-state index in [1.54, 1.807) is 11.3 Å². The highest BCUT2D eigenvalue weighted by Crippen LogP contribution is 2.24. The molecule has 1 aromatic carbocycles. The average Bonchev–Trinajstić information content (AvgIpc) is 2.64. The van der Waals surface area contributed by atoms with Crippen molar-refractivity contribution in [1.82, 2.24) is 0 Å². The van der Waals surface area contributed by atoms with Crippen molar-refractivity contribution in [1.29, 1.82) is 0 Å². The Labute approximate surface area is 114 Å². The fourth-order valence-electron chi connectivity index (χ4n) is 1.84. The van der Waals surface area contributed by atoms with Crippen LogP contribution < -0.4 is 5.32 Å². The first-order valence-electron chi connectivity index (χ1n) is 5.70. The Morgan fingerprint density at radius 3 is 2.63 bits per heavy atom. The zero-order valence-electron chi connectivity index (χ0n) is 10.6. The Hall–Kier alpha value is -1.95. The number of hydrogen-bond acceptors (Lipinski definition) is 4. The fourth-order valence-corrected chi connectivity index (χ4v) is 2.78. The minimum Gasteiger partial charge on any atom is -0.381 e. The third kappa shape index (κ3) is 3.29. The summed E-state index contributed by atoms with van der Waals surface area (Å²) in [5.74, 6) is -0.616. The van der Waals surface area contributed by atoms with E-state index in [4.69, 9.17) is 0 Å². The monoisotopic (exact) mass is 280 g/mol. The van der Waals surface area contributed by atoms with Crippen molar-refractivity contribution < 1.29 is 9.31 Å². The van der Waals surface area contributed by atoms with Crippen LogP contribution in [0.5, 0.6) is 0 Å². The van der Waals surface area contributed by atoms with Crippen LogP contribution >= 0.6 is 11.3 Å². The summed E-state index contributed by atoms with van der Waals surface area (Å²) < 4.78 is 13.3. The number of rotatable bonds is 4. The molecule has 0 saturated carbocycles. The van der Waals surface area contributed by atoms with Crippen LogP contribution in [0.4, 0.5) is 15.8 Å². The number of aryl methyl sites for hydroxylation is 2. The lowest BCUT2D eigenvalue weighted by molar-refractivity contribution is -0.385. The Kier molecular flexibility index (Phi) is 3.80. The van der Waals surface area contributed by atoms with Gasteiger partial charge in [-0.15, -0.1) is 11.3 Å². The minimum atomic E-state index is -0.616. The SMILES string of the molecule is Cc1cc(CNc2cc(F)cc([N+](=O)[O-])c2)c(C)s1. The summed E-state index contributed by atoms with van der Waals surface area (Å²) in [5, 5.41) is 13.7. The van der Waals surface area contributed by atoms with Gasteiger partial charge in [0.05, 0.1) is 11.0 Å². The quantitative estimate of drug-likeness (QED) is 0.679. The number of nitro benzene ring substituents is 1. The lowest BCUT2D eigenvalue weighted by atomic mass is 10.2. The first-order valence-corrected chi connectivity index (χ1v) is 6.52. The molecule has 0 spiro atoms. The van der Waals surface area contributed by atoms with Crippen molar-refractivity contribution in [2.45, 2.75) is 20.4 Å². The van der Waals surface area contributed by atoms with Crippen molar-refractivity contribution >= 4 is 22.7 Å². The second kappa shape index (κ2) is 5.36. The summed E-state index contributed by atoms with van der Waals surface area (Å²) in [6.45, 7) is 4.56. The van der Waals surface area contributed by atoms with Gasteiger partial charge in [-0.3, -0.25) is 10.1 Å². The van der Waals surface area contributed by atoms with Gasteiger partial charge < -0.3 is 5.32 Å². The molecule has 100 valence electrons. The van der Waals surface area contributed by atoms with Crippen LogP contribution in [0.1, 0.15) is 15.3 Å². The maximum Gasteiger partial charge on any atom is 0.274 e. The van der Waals surface area contributed by atoms with Crippen molar-refractivity contribution in [2.75, 3.05) is 5.32 Å². The Bertz CT molecular complexity index is 625. The van der Waals surface area contributed by atoms with E-state index in [2.05, 4.69) is 11.4 Å². The van der Waals surface area contributed by atoms with Gasteiger partial charge in [0.15, 0.2) is 0 Å². The van der Waals surface area contributed by atoms with E-state index in [9.17, 15) is 14.5 Å². The molecular formula is C13H13FN2O2S. The fraction of sp³-hybridized carbons (Fsp3) is 0.231. The van der Waals surface area contributed by atoms with E-state index < -0.39 is 10.7 Å². The summed E-state index contributed by atoms with van der Waals surface area (Å²) in [4.78, 5) is 12.4. The summed E-state index contributed by atoms with van der Waals surface area (Å²) >= 11 is 1.69. The standard InChI is InChI=1S/C13H13FN2O2S/c1-8-3-10(9(2)19-8)7-15-12-4-11(14)5-13(6-12)16(17)18/h3-6,15H,7H2,1-2H3. The molecule has 1 aromatic heterocycles. The van der Waals surface area contributed by atoms with Gasteiger partial charge in [-0.2, -0.15) is 0 Å². The number of nitro groups is 1. The van der Waals surface area contributed by atoms with Crippen LogP contribution in [0.25, 0.3) is 0 Å². The molecule has 0 aliphatic rings. The highest BCUT2D eigenvalue weighted by Gasteiger charge is 2.10. The van der Waals surface area contributed by atoms with Crippen LogP contribution in [0, 0.1) is 29.8 Å². The number of nitrogens with zero attached hydrogens (tertiary/aromatic N) is 1. The van der Waals surface area contributed by atoms with Crippen LogP contribution in [-0.4, -0.2) is 4.92 Å². The Morgan fingerprint density at radius 1 is 1.32 bits per heavy atom. The van der Waals surface area contributed by atoms with E-state index in [0.29, 0.717) is 12.2 Å². The van der Waals surface area contributed by atoms with Gasteiger partial charge >= 0.3 is 0 Å². The van der Waals surface area contributed by atoms with Gasteiger partial charge in [0.25, 0.3) is 5.69 Å². The number of nitrogens with one attached hydrogen (secondary N) is 1. The van der Waals surface area contributed by atoms with E-state index in [1.165, 1.54) is 21.9 Å². The maximum atomic E-state index is 13.3. The Balaban J connectivity index is 2.15. The molecule has 4 nitrogen and oxygen atoms in total. The molecule has 6 heteroatoms. The number of halogens is 1. The first-order chi connectivity index (χ1) is 8.95. The van der Waals surface area contributed by atoms with Crippen molar-refractivity contribution in [3.63, 3.8) is 0 Å². The zero-order chi connectivity index (χ0) is 14.0. The summed E-state index contributed by atoms with van der Waals surface area (Å²) in [6.07, 6.45) is 0. The van der Waals surface area contributed by atoms with Crippen LogP contribution in [0.15, 0.2) is 24.3 Å². The van der Waals surface area contributed by atoms with Crippen LogP contribution in [-0.2, 0) is 6.54 Å². The van der Waals surface area contributed by atoms with Gasteiger partial charge in [-0.05, 0) is 31.5 Å². The van der Waals surface area contributed by atoms with Crippen molar-refractivity contribution in [3.05, 3.63) is 55.5 Å². The zero-order valence-corrected chi connectivity index (χ0v) is 11.4. The third-order valence-electron chi connectivity index (χ3n) is 2.72. The number of thiophene rings is 1. The Morgan fingerprint density at radius 2 is 2.05 bits per heavy atom. The summed E-state index contributed by atoms with van der Waals surface area (Å²) in [6, 6.07) is 5.55. The molecule has 19 heavy (non-hydrogen) atoms. The highest BCUT2D eigenvalue weighted by atomic mass is 32.1. The molecule has 0 aliphatic carbocycles. The predicted molar refractivity (Wildman–Crippen MR) is 74.2 cm³/mol. The van der Waals surface area contributed by atoms with Gasteiger partial charge in [0.2, 0.25) is 0 Å². The third-order valence-corrected chi connectivity index (χ3v) is 3.73. The second-order valence-corrected chi connectivity index (χ2v) is 5.71. The lowest BCUT2D eigenvalue weighted by Gasteiger charge is -2.06. The molecule has 1 N–H and O–H groups in total. The molecule has 0 bridgehead atoms. The lowest BCUT2D eigenvalue weighted by Crippen LogP contribution is -2.01. The van der Waals surface area contributed by atoms with Crippen LogP contribution in [0.2, 0.25) is 0 Å². The molecule has 0 aliphatic heterocycles. The van der Waals surface area contributed by atoms with E-state index in [1.807, 2.05) is 13.8 Å². The predicted octanol–water partition coefficient (Wildman–Crippen LogP) is 4.02. The molecule has 2 rings (SSSR count). The number of hydrogen-bond donors (Lipinski definition) is 1. The molecule has 0 amide bonds.